The van der Waals surface area contributed by atoms with Crippen LogP contribution in [0.1, 0.15) is 48.4 Å². The first-order chi connectivity index (χ1) is 10.2. The summed E-state index contributed by atoms with van der Waals surface area (Å²) >= 11 is 6.26. The molecule has 0 bridgehead atoms. The van der Waals surface area contributed by atoms with Crippen LogP contribution < -0.4 is 5.32 Å². The van der Waals surface area contributed by atoms with Crippen LogP contribution in [0.15, 0.2) is 42.5 Å². The zero-order valence-corrected chi connectivity index (χ0v) is 12.7. The molecule has 21 heavy (non-hydrogen) atoms. The van der Waals surface area contributed by atoms with E-state index in [0.29, 0.717) is 16.5 Å². The van der Waals surface area contributed by atoms with Crippen LogP contribution in [0.25, 0.3) is 0 Å². The highest BCUT2D eigenvalue weighted by Crippen LogP contribution is 2.39. The minimum Gasteiger partial charge on any atom is -0.377 e. The van der Waals surface area contributed by atoms with Crippen LogP contribution in [-0.4, -0.2) is 0 Å². The summed E-state index contributed by atoms with van der Waals surface area (Å²) in [5.74, 6) is 0.597. The molecule has 0 aliphatic heterocycles. The molecule has 2 atom stereocenters. The van der Waals surface area contributed by atoms with E-state index in [1.54, 1.807) is 12.1 Å². The highest BCUT2D eigenvalue weighted by Gasteiger charge is 2.24. The fourth-order valence-corrected chi connectivity index (χ4v) is 3.22. The Morgan fingerprint density at radius 3 is 2.67 bits per heavy atom. The minimum atomic E-state index is 0.254. The molecule has 0 saturated heterocycles. The first-order valence-corrected chi connectivity index (χ1v) is 7.62. The van der Waals surface area contributed by atoms with Crippen LogP contribution >= 0.6 is 11.6 Å². The molecule has 2 aromatic rings. The average Bonchev–Trinajstić information content (AvgIpc) is 2.52. The molecule has 0 heterocycles. The van der Waals surface area contributed by atoms with Crippen molar-refractivity contribution in [3.63, 3.8) is 0 Å². The van der Waals surface area contributed by atoms with Gasteiger partial charge in [-0.1, -0.05) is 42.8 Å². The topological polar surface area (TPSA) is 35.8 Å². The summed E-state index contributed by atoms with van der Waals surface area (Å²) in [4.78, 5) is 0. The van der Waals surface area contributed by atoms with Gasteiger partial charge in [0.1, 0.15) is 0 Å². The van der Waals surface area contributed by atoms with Crippen molar-refractivity contribution < 1.29 is 0 Å². The molecule has 0 fully saturated rings. The molecule has 2 unspecified atom stereocenters. The molecule has 106 valence electrons. The Morgan fingerprint density at radius 1 is 1.14 bits per heavy atom. The fourth-order valence-electron chi connectivity index (χ4n) is 3.05. The second-order valence-corrected chi connectivity index (χ2v) is 6.02. The Labute approximate surface area is 130 Å². The van der Waals surface area contributed by atoms with Crippen molar-refractivity contribution in [2.75, 3.05) is 5.32 Å². The molecule has 3 heteroatoms. The van der Waals surface area contributed by atoms with Gasteiger partial charge in [-0.2, -0.15) is 5.26 Å². The summed E-state index contributed by atoms with van der Waals surface area (Å²) in [5.41, 5.74) is 4.22. The number of nitriles is 1. The average molecular weight is 297 g/mol. The maximum atomic E-state index is 9.03. The Morgan fingerprint density at radius 2 is 1.90 bits per heavy atom. The Hall–Kier alpha value is -1.98. The number of fused-ring (bicyclic) bond motifs is 1. The van der Waals surface area contributed by atoms with E-state index in [1.165, 1.54) is 11.1 Å². The lowest BCUT2D eigenvalue weighted by Crippen LogP contribution is -2.19. The lowest BCUT2D eigenvalue weighted by atomic mass is 9.81. The van der Waals surface area contributed by atoms with Gasteiger partial charge < -0.3 is 5.32 Å². The van der Waals surface area contributed by atoms with E-state index < -0.39 is 0 Å². The van der Waals surface area contributed by atoms with E-state index in [2.05, 4.69) is 42.6 Å². The predicted molar refractivity (Wildman–Crippen MR) is 86.6 cm³/mol. The van der Waals surface area contributed by atoms with E-state index in [4.69, 9.17) is 16.9 Å². The van der Waals surface area contributed by atoms with Crippen LogP contribution in [-0.2, 0) is 0 Å². The Bertz CT molecular complexity index is 703. The van der Waals surface area contributed by atoms with E-state index in [0.717, 1.165) is 18.5 Å². The summed E-state index contributed by atoms with van der Waals surface area (Å²) in [7, 11) is 0. The molecule has 0 amide bonds. The maximum absolute atomic E-state index is 9.03. The molecule has 0 radical (unpaired) electrons. The van der Waals surface area contributed by atoms with E-state index in [9.17, 15) is 0 Å². The van der Waals surface area contributed by atoms with Gasteiger partial charge in [0.2, 0.25) is 0 Å². The summed E-state index contributed by atoms with van der Waals surface area (Å²) in [6.07, 6.45) is 2.23. The predicted octanol–water partition coefficient (Wildman–Crippen LogP) is 5.26. The van der Waals surface area contributed by atoms with Gasteiger partial charge in [0.25, 0.3) is 0 Å². The summed E-state index contributed by atoms with van der Waals surface area (Å²) < 4.78 is 0. The zero-order chi connectivity index (χ0) is 14.8. The molecular weight excluding hydrogens is 280 g/mol. The van der Waals surface area contributed by atoms with Crippen LogP contribution in [0.2, 0.25) is 5.02 Å². The molecule has 1 N–H and O–H groups in total. The van der Waals surface area contributed by atoms with Gasteiger partial charge >= 0.3 is 0 Å². The minimum absolute atomic E-state index is 0.254. The number of rotatable bonds is 2. The van der Waals surface area contributed by atoms with Crippen molar-refractivity contribution in [1.29, 1.82) is 5.26 Å². The lowest BCUT2D eigenvalue weighted by molar-refractivity contribution is 0.534. The molecular formula is C18H17ClN2. The van der Waals surface area contributed by atoms with Gasteiger partial charge in [0.05, 0.1) is 28.4 Å². The Balaban J connectivity index is 1.93. The van der Waals surface area contributed by atoms with Gasteiger partial charge in [0, 0.05) is 0 Å². The van der Waals surface area contributed by atoms with Gasteiger partial charge in [-0.15, -0.1) is 0 Å². The van der Waals surface area contributed by atoms with Gasteiger partial charge in [0.15, 0.2) is 0 Å². The quantitative estimate of drug-likeness (QED) is 0.820. The van der Waals surface area contributed by atoms with Crippen molar-refractivity contribution >= 4 is 17.3 Å². The Kier molecular flexibility index (Phi) is 3.86. The fraction of sp³-hybridized carbons (Fsp3) is 0.278. The number of nitrogens with one attached hydrogen (secondary N) is 1. The van der Waals surface area contributed by atoms with Crippen molar-refractivity contribution in [1.82, 2.24) is 0 Å². The molecule has 2 nitrogen and oxygen atoms in total. The van der Waals surface area contributed by atoms with Crippen molar-refractivity contribution in [3.8, 4) is 6.07 Å². The largest absolute Gasteiger partial charge is 0.377 e. The van der Waals surface area contributed by atoms with Gasteiger partial charge in [-0.25, -0.2) is 0 Å². The number of hydrogen-bond donors (Lipinski definition) is 1. The number of benzene rings is 2. The van der Waals surface area contributed by atoms with Crippen LogP contribution in [0.3, 0.4) is 0 Å². The van der Waals surface area contributed by atoms with Gasteiger partial charge in [-0.3, -0.25) is 0 Å². The van der Waals surface area contributed by atoms with Crippen molar-refractivity contribution in [3.05, 3.63) is 64.2 Å². The van der Waals surface area contributed by atoms with E-state index in [-0.39, 0.29) is 6.04 Å². The van der Waals surface area contributed by atoms with Gasteiger partial charge in [-0.05, 0) is 48.1 Å². The number of halogens is 1. The molecule has 3 rings (SSSR count). The van der Waals surface area contributed by atoms with E-state index in [1.807, 2.05) is 6.07 Å². The van der Waals surface area contributed by atoms with E-state index >= 15 is 0 Å². The summed E-state index contributed by atoms with van der Waals surface area (Å²) in [6.45, 7) is 2.28. The zero-order valence-electron chi connectivity index (χ0n) is 11.9. The first kappa shape index (κ1) is 14.0. The maximum Gasteiger partial charge on any atom is 0.0992 e. The highest BCUT2D eigenvalue weighted by atomic mass is 35.5. The third kappa shape index (κ3) is 2.75. The third-order valence-corrected chi connectivity index (χ3v) is 4.55. The molecule has 0 spiro atoms. The SMILES string of the molecule is CC1CCC(Nc2cc(C#N)ccc2Cl)c2ccccc21. The monoisotopic (exact) mass is 296 g/mol. The smallest absolute Gasteiger partial charge is 0.0992 e. The lowest BCUT2D eigenvalue weighted by Gasteiger charge is -2.31. The number of anilines is 1. The summed E-state index contributed by atoms with van der Waals surface area (Å²) in [5, 5.41) is 13.2. The molecule has 1 aliphatic rings. The second-order valence-electron chi connectivity index (χ2n) is 5.61. The van der Waals surface area contributed by atoms with Crippen molar-refractivity contribution in [2.45, 2.75) is 31.7 Å². The normalized spacial score (nSPS) is 20.4. The first-order valence-electron chi connectivity index (χ1n) is 7.24. The third-order valence-electron chi connectivity index (χ3n) is 4.22. The second kappa shape index (κ2) is 5.79. The highest BCUT2D eigenvalue weighted by molar-refractivity contribution is 6.33. The number of hydrogen-bond acceptors (Lipinski definition) is 2. The van der Waals surface area contributed by atoms with Crippen molar-refractivity contribution in [2.24, 2.45) is 0 Å². The molecule has 0 aromatic heterocycles. The summed E-state index contributed by atoms with van der Waals surface area (Å²) in [6, 6.07) is 16.3. The number of nitrogens with zero attached hydrogens (tertiary/aromatic N) is 1. The molecule has 2 aromatic carbocycles. The van der Waals surface area contributed by atoms with Crippen LogP contribution in [0.5, 0.6) is 0 Å². The molecule has 1 aliphatic carbocycles. The standard InChI is InChI=1S/C18H17ClN2/c1-12-6-9-17(15-5-3-2-4-14(12)15)21-18-10-13(11-20)7-8-16(18)19/h2-5,7-8,10,12,17,21H,6,9H2,1H3. The molecule has 0 saturated carbocycles. The van der Waals surface area contributed by atoms with Crippen LogP contribution in [0, 0.1) is 11.3 Å². The van der Waals surface area contributed by atoms with Crippen LogP contribution in [0.4, 0.5) is 5.69 Å².